The molecule has 0 aromatic rings. The molecule has 1 saturated carbocycles. The van der Waals surface area contributed by atoms with Crippen LogP contribution in [0.5, 0.6) is 0 Å². The lowest BCUT2D eigenvalue weighted by Crippen LogP contribution is -2.31. The highest BCUT2D eigenvalue weighted by Gasteiger charge is 2.18. The molecule has 0 spiro atoms. The predicted molar refractivity (Wildman–Crippen MR) is 41.6 cm³/mol. The fourth-order valence-corrected chi connectivity index (χ4v) is 1.64. The van der Waals surface area contributed by atoms with Crippen LogP contribution >= 0.6 is 0 Å². The van der Waals surface area contributed by atoms with Gasteiger partial charge >= 0.3 is 0 Å². The highest BCUT2D eigenvalue weighted by molar-refractivity contribution is 4.75. The lowest BCUT2D eigenvalue weighted by molar-refractivity contribution is 0.197. The molecule has 1 aliphatic rings. The van der Waals surface area contributed by atoms with Crippen LogP contribution in [-0.4, -0.2) is 17.8 Å². The van der Waals surface area contributed by atoms with Gasteiger partial charge in [-0.1, -0.05) is 19.3 Å². The molecule has 10 heavy (non-hydrogen) atoms. The largest absolute Gasteiger partial charge is 0.396 e. The summed E-state index contributed by atoms with van der Waals surface area (Å²) in [5, 5.41) is 8.91. The van der Waals surface area contributed by atoms with Crippen LogP contribution < -0.4 is 5.73 Å². The summed E-state index contributed by atoms with van der Waals surface area (Å²) in [4.78, 5) is 0. The average Bonchev–Trinajstić information content (AvgIpc) is 2.13. The maximum Gasteiger partial charge on any atom is 0.0474 e. The zero-order valence-electron chi connectivity index (χ0n) is 6.42. The molecule has 0 amide bonds. The van der Waals surface area contributed by atoms with Crippen molar-refractivity contribution in [3.63, 3.8) is 0 Å². The summed E-state index contributed by atoms with van der Waals surface area (Å²) < 4.78 is 0. The monoisotopic (exact) mass is 143 g/mol. The first kappa shape index (κ1) is 8.02. The van der Waals surface area contributed by atoms with Gasteiger partial charge in [0.15, 0.2) is 0 Å². The molecule has 1 rings (SSSR count). The molecule has 0 radical (unpaired) electrons. The first-order valence-electron chi connectivity index (χ1n) is 4.21. The highest BCUT2D eigenvalue weighted by Crippen LogP contribution is 2.21. The molecule has 2 atom stereocenters. The van der Waals surface area contributed by atoms with E-state index in [2.05, 4.69) is 0 Å². The number of hydrogen-bond acceptors (Lipinski definition) is 2. The van der Waals surface area contributed by atoms with Crippen LogP contribution in [0.4, 0.5) is 0 Å². The number of rotatable bonds is 1. The number of aliphatic hydroxyl groups excluding tert-OH is 1. The Morgan fingerprint density at radius 2 is 1.90 bits per heavy atom. The van der Waals surface area contributed by atoms with Crippen LogP contribution in [0.1, 0.15) is 32.1 Å². The summed E-state index contributed by atoms with van der Waals surface area (Å²) in [6, 6.07) is 0.257. The topological polar surface area (TPSA) is 46.2 Å². The smallest absolute Gasteiger partial charge is 0.0474 e. The predicted octanol–water partition coefficient (Wildman–Crippen LogP) is 0.886. The maximum absolute atomic E-state index is 8.91. The first-order chi connectivity index (χ1) is 4.84. The molecule has 2 nitrogen and oxygen atoms in total. The van der Waals surface area contributed by atoms with E-state index < -0.39 is 0 Å². The minimum atomic E-state index is 0.257. The second-order valence-electron chi connectivity index (χ2n) is 3.24. The zero-order chi connectivity index (χ0) is 7.40. The molecule has 0 aromatic heterocycles. The number of nitrogens with two attached hydrogens (primary N) is 1. The molecule has 0 saturated heterocycles. The number of aliphatic hydroxyl groups is 1. The van der Waals surface area contributed by atoms with Gasteiger partial charge in [-0.3, -0.25) is 0 Å². The van der Waals surface area contributed by atoms with Gasteiger partial charge in [0, 0.05) is 12.6 Å². The van der Waals surface area contributed by atoms with Gasteiger partial charge in [0.05, 0.1) is 0 Å². The Morgan fingerprint density at radius 1 is 1.20 bits per heavy atom. The summed E-state index contributed by atoms with van der Waals surface area (Å²) in [7, 11) is 0. The molecule has 1 fully saturated rings. The summed E-state index contributed by atoms with van der Waals surface area (Å²) >= 11 is 0. The van der Waals surface area contributed by atoms with E-state index in [1.54, 1.807) is 0 Å². The average molecular weight is 143 g/mol. The van der Waals surface area contributed by atoms with Gasteiger partial charge in [-0.2, -0.15) is 0 Å². The Hall–Kier alpha value is -0.0800. The van der Waals surface area contributed by atoms with Crippen LogP contribution in [0, 0.1) is 5.92 Å². The van der Waals surface area contributed by atoms with E-state index in [0.29, 0.717) is 5.92 Å². The SMILES string of the molecule is N[C@H]1CCCCC[C@H]1CO. The van der Waals surface area contributed by atoms with E-state index in [1.807, 2.05) is 0 Å². The van der Waals surface area contributed by atoms with Gasteiger partial charge in [-0.25, -0.2) is 0 Å². The van der Waals surface area contributed by atoms with Gasteiger partial charge < -0.3 is 10.8 Å². The fourth-order valence-electron chi connectivity index (χ4n) is 1.64. The summed E-state index contributed by atoms with van der Waals surface area (Å²) in [6.45, 7) is 0.279. The highest BCUT2D eigenvalue weighted by atomic mass is 16.3. The van der Waals surface area contributed by atoms with Crippen molar-refractivity contribution in [2.45, 2.75) is 38.1 Å². The molecule has 3 N–H and O–H groups in total. The molecule has 60 valence electrons. The van der Waals surface area contributed by atoms with Crippen LogP contribution in [0.25, 0.3) is 0 Å². The van der Waals surface area contributed by atoms with Crippen molar-refractivity contribution < 1.29 is 5.11 Å². The van der Waals surface area contributed by atoms with Crippen molar-refractivity contribution in [1.82, 2.24) is 0 Å². The molecule has 0 heterocycles. The normalized spacial score (nSPS) is 35.4. The Morgan fingerprint density at radius 3 is 2.60 bits per heavy atom. The molecule has 0 unspecified atom stereocenters. The zero-order valence-corrected chi connectivity index (χ0v) is 6.42. The summed E-state index contributed by atoms with van der Waals surface area (Å²) in [5.74, 6) is 0.377. The summed E-state index contributed by atoms with van der Waals surface area (Å²) in [5.41, 5.74) is 5.83. The third kappa shape index (κ3) is 1.96. The Balaban J connectivity index is 2.35. The van der Waals surface area contributed by atoms with Crippen molar-refractivity contribution in [2.75, 3.05) is 6.61 Å². The first-order valence-corrected chi connectivity index (χ1v) is 4.21. The Bertz CT molecular complexity index is 95.3. The molecule has 0 bridgehead atoms. The van der Waals surface area contributed by atoms with Crippen molar-refractivity contribution in [3.8, 4) is 0 Å². The lowest BCUT2D eigenvalue weighted by atomic mass is 9.97. The summed E-state index contributed by atoms with van der Waals surface area (Å²) in [6.07, 6.45) is 6.02. The van der Waals surface area contributed by atoms with Crippen LogP contribution in [0.2, 0.25) is 0 Å². The Labute approximate surface area is 62.4 Å². The third-order valence-electron chi connectivity index (χ3n) is 2.45. The lowest BCUT2D eigenvalue weighted by Gasteiger charge is -2.17. The molecule has 1 aliphatic carbocycles. The van der Waals surface area contributed by atoms with Crippen LogP contribution in [-0.2, 0) is 0 Å². The molecule has 0 aliphatic heterocycles. The maximum atomic E-state index is 8.91. The van der Waals surface area contributed by atoms with Gasteiger partial charge in [-0.05, 0) is 18.8 Å². The number of hydrogen-bond donors (Lipinski definition) is 2. The van der Waals surface area contributed by atoms with E-state index in [9.17, 15) is 0 Å². The van der Waals surface area contributed by atoms with Crippen molar-refractivity contribution in [3.05, 3.63) is 0 Å². The molecule has 0 aromatic carbocycles. The quantitative estimate of drug-likeness (QED) is 0.535. The van der Waals surface area contributed by atoms with Crippen molar-refractivity contribution >= 4 is 0 Å². The third-order valence-corrected chi connectivity index (χ3v) is 2.45. The van der Waals surface area contributed by atoms with Crippen LogP contribution in [0.3, 0.4) is 0 Å². The van der Waals surface area contributed by atoms with E-state index in [-0.39, 0.29) is 12.6 Å². The van der Waals surface area contributed by atoms with E-state index >= 15 is 0 Å². The molecular weight excluding hydrogens is 126 g/mol. The molecular formula is C8H17NO. The molecule has 2 heteroatoms. The van der Waals surface area contributed by atoms with Crippen LogP contribution in [0.15, 0.2) is 0 Å². The van der Waals surface area contributed by atoms with Crippen molar-refractivity contribution in [2.24, 2.45) is 11.7 Å². The van der Waals surface area contributed by atoms with Gasteiger partial charge in [-0.15, -0.1) is 0 Å². The van der Waals surface area contributed by atoms with Gasteiger partial charge in [0.25, 0.3) is 0 Å². The van der Waals surface area contributed by atoms with Gasteiger partial charge in [0.2, 0.25) is 0 Å². The van der Waals surface area contributed by atoms with E-state index in [0.717, 1.165) is 12.8 Å². The minimum absolute atomic E-state index is 0.257. The Kier molecular flexibility index (Phi) is 3.16. The van der Waals surface area contributed by atoms with Crippen molar-refractivity contribution in [1.29, 1.82) is 0 Å². The second kappa shape index (κ2) is 3.94. The van der Waals surface area contributed by atoms with E-state index in [1.165, 1.54) is 19.3 Å². The van der Waals surface area contributed by atoms with Gasteiger partial charge in [0.1, 0.15) is 0 Å². The second-order valence-corrected chi connectivity index (χ2v) is 3.24. The minimum Gasteiger partial charge on any atom is -0.396 e. The van der Waals surface area contributed by atoms with E-state index in [4.69, 9.17) is 10.8 Å². The fraction of sp³-hybridized carbons (Fsp3) is 1.00. The standard InChI is InChI=1S/C8H17NO/c9-8-5-3-1-2-4-7(8)6-10/h7-8,10H,1-6,9H2/t7-,8-/m0/s1.